The number of rotatable bonds is 6. The fourth-order valence-electron chi connectivity index (χ4n) is 1.50. The average Bonchev–Trinajstić information content (AvgIpc) is 2.28. The molecule has 1 aromatic carbocycles. The van der Waals surface area contributed by atoms with E-state index in [0.717, 1.165) is 6.07 Å². The minimum absolute atomic E-state index is 0.0505. The van der Waals surface area contributed by atoms with Gasteiger partial charge in [0.2, 0.25) is 0 Å². The third kappa shape index (κ3) is 5.80. The van der Waals surface area contributed by atoms with Crippen LogP contribution in [0.15, 0.2) is 22.7 Å². The largest absolute Gasteiger partial charge is 0.418 e. The summed E-state index contributed by atoms with van der Waals surface area (Å²) in [6, 6.07) is 3.99. The molecule has 0 amide bonds. The molecule has 19 heavy (non-hydrogen) atoms. The molecule has 3 nitrogen and oxygen atoms in total. The Bertz CT molecular complexity index is 410. The molecule has 0 spiro atoms. The first-order valence-corrected chi connectivity index (χ1v) is 6.59. The van der Waals surface area contributed by atoms with E-state index in [0.29, 0.717) is 24.1 Å². The molecule has 0 bridgehead atoms. The van der Waals surface area contributed by atoms with Crippen LogP contribution in [0.2, 0.25) is 0 Å². The van der Waals surface area contributed by atoms with Gasteiger partial charge >= 0.3 is 6.18 Å². The number of alkyl halides is 3. The van der Waals surface area contributed by atoms with Gasteiger partial charge in [-0.1, -0.05) is 15.9 Å². The number of benzene rings is 1. The van der Waals surface area contributed by atoms with Crippen LogP contribution in [0.5, 0.6) is 0 Å². The summed E-state index contributed by atoms with van der Waals surface area (Å²) in [5.41, 5.74) is -0.646. The lowest BCUT2D eigenvalue weighted by Gasteiger charge is -2.15. The van der Waals surface area contributed by atoms with Crippen LogP contribution in [0.3, 0.4) is 0 Å². The number of nitrogens with one attached hydrogen (secondary N) is 2. The highest BCUT2D eigenvalue weighted by molar-refractivity contribution is 9.10. The molecule has 0 fully saturated rings. The van der Waals surface area contributed by atoms with Gasteiger partial charge in [-0.15, -0.1) is 0 Å². The maximum absolute atomic E-state index is 12.8. The van der Waals surface area contributed by atoms with Crippen molar-refractivity contribution in [3.63, 3.8) is 0 Å². The van der Waals surface area contributed by atoms with Crippen LogP contribution < -0.4 is 10.6 Å². The second kappa shape index (κ2) is 7.12. The maximum atomic E-state index is 12.8. The Labute approximate surface area is 118 Å². The number of aliphatic hydroxyl groups is 1. The Morgan fingerprint density at radius 1 is 1.32 bits per heavy atom. The molecule has 1 aromatic rings. The van der Waals surface area contributed by atoms with Gasteiger partial charge in [0.25, 0.3) is 0 Å². The zero-order chi connectivity index (χ0) is 14.5. The summed E-state index contributed by atoms with van der Waals surface area (Å²) in [4.78, 5) is 0. The van der Waals surface area contributed by atoms with Crippen molar-refractivity contribution in [3.8, 4) is 0 Å². The highest BCUT2D eigenvalue weighted by Gasteiger charge is 2.33. The molecule has 0 aliphatic heterocycles. The van der Waals surface area contributed by atoms with Gasteiger partial charge in [0.15, 0.2) is 0 Å². The molecule has 0 aliphatic carbocycles. The van der Waals surface area contributed by atoms with E-state index in [1.54, 1.807) is 13.0 Å². The molecule has 108 valence electrons. The van der Waals surface area contributed by atoms with E-state index in [2.05, 4.69) is 26.6 Å². The molecular formula is C12H16BrF3N2O. The highest BCUT2D eigenvalue weighted by atomic mass is 79.9. The Hall–Kier alpha value is -0.790. The van der Waals surface area contributed by atoms with Crippen LogP contribution in [0.1, 0.15) is 12.5 Å². The van der Waals surface area contributed by atoms with Crippen molar-refractivity contribution in [2.24, 2.45) is 0 Å². The van der Waals surface area contributed by atoms with Gasteiger partial charge in [0.1, 0.15) is 0 Å². The molecule has 1 unspecified atom stereocenters. The van der Waals surface area contributed by atoms with Crippen LogP contribution in [0.4, 0.5) is 18.9 Å². The summed E-state index contributed by atoms with van der Waals surface area (Å²) in [5, 5.41) is 14.7. The zero-order valence-electron chi connectivity index (χ0n) is 10.4. The highest BCUT2D eigenvalue weighted by Crippen LogP contribution is 2.36. The Kier molecular flexibility index (Phi) is 6.09. The summed E-state index contributed by atoms with van der Waals surface area (Å²) in [6.45, 7) is 2.86. The standard InChI is InChI=1S/C12H16BrF3N2O/c1-8(19)7-17-4-5-18-11-3-2-9(13)6-10(11)12(14,15)16/h2-3,6,8,17-19H,4-5,7H2,1H3. The minimum Gasteiger partial charge on any atom is -0.392 e. The summed E-state index contributed by atoms with van der Waals surface area (Å²) >= 11 is 3.03. The lowest BCUT2D eigenvalue weighted by Crippen LogP contribution is -2.29. The van der Waals surface area contributed by atoms with Crippen molar-refractivity contribution in [3.05, 3.63) is 28.2 Å². The number of aliphatic hydroxyl groups excluding tert-OH is 1. The minimum atomic E-state index is -4.39. The normalized spacial score (nSPS) is 13.4. The lowest BCUT2D eigenvalue weighted by atomic mass is 10.1. The SMILES string of the molecule is CC(O)CNCCNc1ccc(Br)cc1C(F)(F)F. The predicted octanol–water partition coefficient (Wildman–Crippen LogP) is 2.85. The van der Waals surface area contributed by atoms with E-state index < -0.39 is 17.8 Å². The van der Waals surface area contributed by atoms with Crippen LogP contribution in [-0.4, -0.2) is 30.8 Å². The summed E-state index contributed by atoms with van der Waals surface area (Å²) in [6.07, 6.45) is -4.86. The first kappa shape index (κ1) is 16.3. The molecule has 0 saturated carbocycles. The fourth-order valence-corrected chi connectivity index (χ4v) is 1.86. The smallest absolute Gasteiger partial charge is 0.392 e. The van der Waals surface area contributed by atoms with Gasteiger partial charge in [-0.05, 0) is 25.1 Å². The molecular weight excluding hydrogens is 325 g/mol. The van der Waals surface area contributed by atoms with Crippen LogP contribution in [0.25, 0.3) is 0 Å². The van der Waals surface area contributed by atoms with Crippen LogP contribution in [0, 0.1) is 0 Å². The lowest BCUT2D eigenvalue weighted by molar-refractivity contribution is -0.137. The van der Waals surface area contributed by atoms with Gasteiger partial charge < -0.3 is 15.7 Å². The van der Waals surface area contributed by atoms with Gasteiger partial charge in [0.05, 0.1) is 11.7 Å². The average molecular weight is 341 g/mol. The second-order valence-corrected chi connectivity index (χ2v) is 5.08. The third-order valence-corrected chi connectivity index (χ3v) is 2.84. The Morgan fingerprint density at radius 3 is 2.58 bits per heavy atom. The quantitative estimate of drug-likeness (QED) is 0.698. The summed E-state index contributed by atoms with van der Waals surface area (Å²) in [7, 11) is 0. The molecule has 1 rings (SSSR count). The molecule has 0 saturated heterocycles. The first-order chi connectivity index (χ1) is 8.80. The van der Waals surface area contributed by atoms with Crippen LogP contribution >= 0.6 is 15.9 Å². The van der Waals surface area contributed by atoms with Crippen molar-refractivity contribution >= 4 is 21.6 Å². The van der Waals surface area contributed by atoms with E-state index >= 15 is 0 Å². The Morgan fingerprint density at radius 2 is 2.00 bits per heavy atom. The Balaban J connectivity index is 2.58. The van der Waals surface area contributed by atoms with Gasteiger partial charge in [-0.25, -0.2) is 0 Å². The number of hydrogen-bond acceptors (Lipinski definition) is 3. The zero-order valence-corrected chi connectivity index (χ0v) is 12.0. The van der Waals surface area contributed by atoms with Gasteiger partial charge in [-0.2, -0.15) is 13.2 Å². The van der Waals surface area contributed by atoms with E-state index in [1.807, 2.05) is 0 Å². The molecule has 0 aromatic heterocycles. The van der Waals surface area contributed by atoms with Crippen LogP contribution in [-0.2, 0) is 6.18 Å². The topological polar surface area (TPSA) is 44.3 Å². The maximum Gasteiger partial charge on any atom is 0.418 e. The summed E-state index contributed by atoms with van der Waals surface area (Å²) in [5.74, 6) is 0. The molecule has 0 radical (unpaired) electrons. The molecule has 0 heterocycles. The molecule has 7 heteroatoms. The van der Waals surface area contributed by atoms with Crippen molar-refractivity contribution < 1.29 is 18.3 Å². The fraction of sp³-hybridized carbons (Fsp3) is 0.500. The van der Waals surface area contributed by atoms with Crippen molar-refractivity contribution in [1.29, 1.82) is 0 Å². The molecule has 0 aliphatic rings. The number of hydrogen-bond donors (Lipinski definition) is 3. The van der Waals surface area contributed by atoms with E-state index in [4.69, 9.17) is 5.11 Å². The number of anilines is 1. The van der Waals surface area contributed by atoms with E-state index in [9.17, 15) is 13.2 Å². The molecule has 1 atom stereocenters. The monoisotopic (exact) mass is 340 g/mol. The van der Waals surface area contributed by atoms with E-state index in [1.165, 1.54) is 6.07 Å². The molecule has 3 N–H and O–H groups in total. The predicted molar refractivity (Wildman–Crippen MR) is 72.2 cm³/mol. The van der Waals surface area contributed by atoms with Gasteiger partial charge in [-0.3, -0.25) is 0 Å². The van der Waals surface area contributed by atoms with Crippen molar-refractivity contribution in [2.45, 2.75) is 19.2 Å². The van der Waals surface area contributed by atoms with Crippen molar-refractivity contribution in [1.82, 2.24) is 5.32 Å². The number of halogens is 4. The first-order valence-electron chi connectivity index (χ1n) is 5.80. The van der Waals surface area contributed by atoms with E-state index in [-0.39, 0.29) is 5.69 Å². The summed E-state index contributed by atoms with van der Waals surface area (Å²) < 4.78 is 38.8. The third-order valence-electron chi connectivity index (χ3n) is 2.34. The van der Waals surface area contributed by atoms with Gasteiger partial charge in [0, 0.05) is 29.8 Å². The second-order valence-electron chi connectivity index (χ2n) is 4.17. The van der Waals surface area contributed by atoms with Crippen molar-refractivity contribution in [2.75, 3.05) is 25.0 Å².